The second kappa shape index (κ2) is 6.33. The molecule has 0 saturated heterocycles. The van der Waals surface area contributed by atoms with E-state index in [1.807, 2.05) is 0 Å². The standard InChI is InChI=1S/C12H20N4O3/c1-5-19-11(18)12(2,3)16-8-9(6-14-16)15-10(17)7-13-4/h6,8,13H,5,7H2,1-4H3,(H,15,17). The molecule has 1 heterocycles. The second-order valence-corrected chi connectivity index (χ2v) is 4.53. The maximum atomic E-state index is 11.8. The predicted octanol–water partition coefficient (Wildman–Crippen LogP) is 0.339. The summed E-state index contributed by atoms with van der Waals surface area (Å²) in [5.41, 5.74) is -0.375. The number of hydrogen-bond acceptors (Lipinski definition) is 5. The number of amides is 1. The van der Waals surface area contributed by atoms with Gasteiger partial charge in [-0.25, -0.2) is 4.79 Å². The minimum Gasteiger partial charge on any atom is -0.464 e. The third-order valence-corrected chi connectivity index (χ3v) is 2.55. The summed E-state index contributed by atoms with van der Waals surface area (Å²) in [5.74, 6) is -0.540. The topological polar surface area (TPSA) is 85.2 Å². The Kier molecular flexibility index (Phi) is 5.05. The quantitative estimate of drug-likeness (QED) is 0.727. The number of rotatable bonds is 6. The molecule has 0 spiro atoms. The van der Waals surface area contributed by atoms with Crippen molar-refractivity contribution in [2.75, 3.05) is 25.5 Å². The summed E-state index contributed by atoms with van der Waals surface area (Å²) >= 11 is 0. The molecule has 1 aromatic rings. The van der Waals surface area contributed by atoms with Gasteiger partial charge in [-0.15, -0.1) is 0 Å². The van der Waals surface area contributed by atoms with Crippen molar-refractivity contribution in [1.82, 2.24) is 15.1 Å². The van der Waals surface area contributed by atoms with Gasteiger partial charge in [-0.2, -0.15) is 5.10 Å². The highest BCUT2D eigenvalue weighted by molar-refractivity contribution is 5.92. The van der Waals surface area contributed by atoms with E-state index in [1.54, 1.807) is 34.0 Å². The number of likely N-dealkylation sites (N-methyl/N-ethyl adjacent to an activating group) is 1. The van der Waals surface area contributed by atoms with Gasteiger partial charge < -0.3 is 15.4 Å². The fraction of sp³-hybridized carbons (Fsp3) is 0.583. The summed E-state index contributed by atoms with van der Waals surface area (Å²) in [6.07, 6.45) is 3.10. The zero-order valence-electron chi connectivity index (χ0n) is 11.7. The number of aromatic nitrogens is 2. The van der Waals surface area contributed by atoms with E-state index in [4.69, 9.17) is 4.74 Å². The molecule has 1 amide bonds. The molecule has 2 N–H and O–H groups in total. The number of carbonyl (C=O) groups excluding carboxylic acids is 2. The molecule has 0 fully saturated rings. The second-order valence-electron chi connectivity index (χ2n) is 4.53. The first-order valence-corrected chi connectivity index (χ1v) is 6.08. The highest BCUT2D eigenvalue weighted by Crippen LogP contribution is 2.18. The summed E-state index contributed by atoms with van der Waals surface area (Å²) in [6.45, 7) is 5.69. The molecule has 7 nitrogen and oxygen atoms in total. The molecule has 1 rings (SSSR count). The Morgan fingerprint density at radius 3 is 2.74 bits per heavy atom. The van der Waals surface area contributed by atoms with E-state index >= 15 is 0 Å². The lowest BCUT2D eigenvalue weighted by molar-refractivity contribution is -0.152. The van der Waals surface area contributed by atoms with Gasteiger partial charge in [0.1, 0.15) is 0 Å². The smallest absolute Gasteiger partial charge is 0.333 e. The number of nitrogens with one attached hydrogen (secondary N) is 2. The van der Waals surface area contributed by atoms with Gasteiger partial charge in [-0.05, 0) is 27.8 Å². The Morgan fingerprint density at radius 1 is 1.47 bits per heavy atom. The molecule has 0 aliphatic carbocycles. The Morgan fingerprint density at radius 2 is 2.16 bits per heavy atom. The summed E-state index contributed by atoms with van der Waals surface area (Å²) in [4.78, 5) is 23.2. The van der Waals surface area contributed by atoms with Gasteiger partial charge in [-0.1, -0.05) is 0 Å². The third kappa shape index (κ3) is 3.78. The Labute approximate surface area is 112 Å². The first-order chi connectivity index (χ1) is 8.91. The molecule has 0 aliphatic heterocycles. The molecule has 0 unspecified atom stereocenters. The molecule has 0 saturated carbocycles. The Hall–Kier alpha value is -1.89. The van der Waals surface area contributed by atoms with Gasteiger partial charge in [0.05, 0.1) is 25.0 Å². The molecular formula is C12H20N4O3. The van der Waals surface area contributed by atoms with Crippen molar-refractivity contribution in [3.05, 3.63) is 12.4 Å². The molecule has 106 valence electrons. The maximum absolute atomic E-state index is 11.8. The molecule has 0 bridgehead atoms. The first-order valence-electron chi connectivity index (χ1n) is 6.08. The number of esters is 1. The van der Waals surface area contributed by atoms with Crippen molar-refractivity contribution in [3.63, 3.8) is 0 Å². The average Bonchev–Trinajstić information content (AvgIpc) is 2.78. The van der Waals surface area contributed by atoms with Crippen LogP contribution in [0.5, 0.6) is 0 Å². The lowest BCUT2D eigenvalue weighted by Crippen LogP contribution is -2.37. The number of carbonyl (C=O) groups is 2. The van der Waals surface area contributed by atoms with Gasteiger partial charge in [0, 0.05) is 6.20 Å². The highest BCUT2D eigenvalue weighted by Gasteiger charge is 2.32. The van der Waals surface area contributed by atoms with Gasteiger partial charge >= 0.3 is 5.97 Å². The minimum atomic E-state index is -0.915. The molecule has 0 aliphatic rings. The van der Waals surface area contributed by atoms with Crippen molar-refractivity contribution in [3.8, 4) is 0 Å². The van der Waals surface area contributed by atoms with Crippen LogP contribution in [0, 0.1) is 0 Å². The lowest BCUT2D eigenvalue weighted by Gasteiger charge is -2.22. The largest absolute Gasteiger partial charge is 0.464 e. The SMILES string of the molecule is CCOC(=O)C(C)(C)n1cc(NC(=O)CNC)cn1. The van der Waals surface area contributed by atoms with Crippen LogP contribution in [0.3, 0.4) is 0 Å². The molecule has 1 aromatic heterocycles. The van der Waals surface area contributed by atoms with Crippen LogP contribution in [0.15, 0.2) is 12.4 Å². The van der Waals surface area contributed by atoms with Crippen LogP contribution in [-0.2, 0) is 19.9 Å². The van der Waals surface area contributed by atoms with Crippen molar-refractivity contribution >= 4 is 17.6 Å². The van der Waals surface area contributed by atoms with Crippen LogP contribution < -0.4 is 10.6 Å². The van der Waals surface area contributed by atoms with Crippen molar-refractivity contribution in [2.24, 2.45) is 0 Å². The fourth-order valence-corrected chi connectivity index (χ4v) is 1.46. The summed E-state index contributed by atoms with van der Waals surface area (Å²) in [7, 11) is 1.69. The zero-order valence-corrected chi connectivity index (χ0v) is 11.7. The zero-order chi connectivity index (χ0) is 14.5. The molecule has 0 radical (unpaired) electrons. The third-order valence-electron chi connectivity index (χ3n) is 2.55. The van der Waals surface area contributed by atoms with E-state index in [0.29, 0.717) is 12.3 Å². The van der Waals surface area contributed by atoms with Gasteiger partial charge in [0.25, 0.3) is 0 Å². The molecule has 0 aromatic carbocycles. The van der Waals surface area contributed by atoms with Crippen LogP contribution in [-0.4, -0.2) is 41.9 Å². The van der Waals surface area contributed by atoms with Crippen LogP contribution in [0.25, 0.3) is 0 Å². The lowest BCUT2D eigenvalue weighted by atomic mass is 10.1. The molecule has 0 atom stereocenters. The van der Waals surface area contributed by atoms with Crippen molar-refractivity contribution < 1.29 is 14.3 Å². The summed E-state index contributed by atoms with van der Waals surface area (Å²) in [6, 6.07) is 0. The number of anilines is 1. The summed E-state index contributed by atoms with van der Waals surface area (Å²) < 4.78 is 6.47. The normalized spacial score (nSPS) is 11.2. The highest BCUT2D eigenvalue weighted by atomic mass is 16.5. The van der Waals surface area contributed by atoms with Gasteiger partial charge in [0.2, 0.25) is 5.91 Å². The van der Waals surface area contributed by atoms with Gasteiger partial charge in [0.15, 0.2) is 5.54 Å². The van der Waals surface area contributed by atoms with Crippen LogP contribution in [0.4, 0.5) is 5.69 Å². The molecule has 7 heteroatoms. The minimum absolute atomic E-state index is 0.170. The van der Waals surface area contributed by atoms with E-state index in [9.17, 15) is 9.59 Å². The van der Waals surface area contributed by atoms with Crippen molar-refractivity contribution in [2.45, 2.75) is 26.3 Å². The van der Waals surface area contributed by atoms with Gasteiger partial charge in [-0.3, -0.25) is 9.48 Å². The van der Waals surface area contributed by atoms with E-state index in [-0.39, 0.29) is 18.4 Å². The number of nitrogens with zero attached hydrogens (tertiary/aromatic N) is 2. The fourth-order valence-electron chi connectivity index (χ4n) is 1.46. The first kappa shape index (κ1) is 15.2. The number of ether oxygens (including phenoxy) is 1. The molecule has 19 heavy (non-hydrogen) atoms. The van der Waals surface area contributed by atoms with E-state index < -0.39 is 5.54 Å². The Balaban J connectivity index is 2.78. The predicted molar refractivity (Wildman–Crippen MR) is 70.7 cm³/mol. The average molecular weight is 268 g/mol. The Bertz CT molecular complexity index is 454. The van der Waals surface area contributed by atoms with Crippen LogP contribution >= 0.6 is 0 Å². The summed E-state index contributed by atoms with van der Waals surface area (Å²) in [5, 5.41) is 9.50. The van der Waals surface area contributed by atoms with Crippen molar-refractivity contribution in [1.29, 1.82) is 0 Å². The molecular weight excluding hydrogens is 248 g/mol. The maximum Gasteiger partial charge on any atom is 0.333 e. The van der Waals surface area contributed by atoms with Crippen LogP contribution in [0.1, 0.15) is 20.8 Å². The van der Waals surface area contributed by atoms with E-state index in [1.165, 1.54) is 10.9 Å². The van der Waals surface area contributed by atoms with E-state index in [0.717, 1.165) is 0 Å². The number of hydrogen-bond donors (Lipinski definition) is 2. The van der Waals surface area contributed by atoms with Crippen LogP contribution in [0.2, 0.25) is 0 Å². The van der Waals surface area contributed by atoms with E-state index in [2.05, 4.69) is 15.7 Å². The monoisotopic (exact) mass is 268 g/mol.